The van der Waals surface area contributed by atoms with Crippen LogP contribution in [-0.2, 0) is 6.54 Å². The fraction of sp³-hybridized carbons (Fsp3) is 0.368. The molecule has 0 unspecified atom stereocenters. The lowest BCUT2D eigenvalue weighted by molar-refractivity contribution is 0.154. The number of nitrogens with one attached hydrogen (secondary N) is 1. The number of benzene rings is 1. The SMILES string of the molecule is CCCNC[C@@H](O)Cn1c2ccccc2n2c(=O)cc(C)c(C#N)c12. The minimum atomic E-state index is -0.617. The van der Waals surface area contributed by atoms with E-state index in [0.717, 1.165) is 24.0 Å². The molecule has 0 amide bonds. The van der Waals surface area contributed by atoms with E-state index in [4.69, 9.17) is 0 Å². The second-order valence-electron chi connectivity index (χ2n) is 6.27. The van der Waals surface area contributed by atoms with Crippen LogP contribution in [0.25, 0.3) is 16.7 Å². The fourth-order valence-corrected chi connectivity index (χ4v) is 3.24. The summed E-state index contributed by atoms with van der Waals surface area (Å²) in [5.41, 5.74) is 3.06. The summed E-state index contributed by atoms with van der Waals surface area (Å²) in [5.74, 6) is 0. The van der Waals surface area contributed by atoms with E-state index in [2.05, 4.69) is 18.3 Å². The second-order valence-corrected chi connectivity index (χ2v) is 6.27. The van der Waals surface area contributed by atoms with E-state index < -0.39 is 6.10 Å². The first-order valence-corrected chi connectivity index (χ1v) is 8.51. The van der Waals surface area contributed by atoms with Crippen molar-refractivity contribution < 1.29 is 5.11 Å². The zero-order valence-corrected chi connectivity index (χ0v) is 14.5. The first-order valence-electron chi connectivity index (χ1n) is 8.51. The Balaban J connectivity index is 2.22. The number of hydrogen-bond acceptors (Lipinski definition) is 4. The number of pyridine rings is 1. The molecule has 3 aromatic rings. The molecule has 0 bridgehead atoms. The molecule has 3 rings (SSSR count). The number of rotatable bonds is 6. The topological polar surface area (TPSA) is 82.5 Å². The molecule has 0 saturated heterocycles. The molecule has 2 N–H and O–H groups in total. The number of aryl methyl sites for hydroxylation is 1. The molecule has 6 heteroatoms. The molecule has 0 aliphatic heterocycles. The maximum Gasteiger partial charge on any atom is 0.257 e. The highest BCUT2D eigenvalue weighted by atomic mass is 16.3. The van der Waals surface area contributed by atoms with Crippen LogP contribution < -0.4 is 10.9 Å². The highest BCUT2D eigenvalue weighted by Gasteiger charge is 2.19. The van der Waals surface area contributed by atoms with Crippen molar-refractivity contribution in [1.29, 1.82) is 5.26 Å². The van der Waals surface area contributed by atoms with Gasteiger partial charge >= 0.3 is 0 Å². The van der Waals surface area contributed by atoms with Crippen molar-refractivity contribution in [3.05, 3.63) is 51.8 Å². The zero-order chi connectivity index (χ0) is 18.0. The van der Waals surface area contributed by atoms with Crippen molar-refractivity contribution in [2.24, 2.45) is 0 Å². The predicted octanol–water partition coefficient (Wildman–Crippen LogP) is 1.79. The molecule has 2 aromatic heterocycles. The summed E-state index contributed by atoms with van der Waals surface area (Å²) in [6.07, 6.45) is 0.378. The third-order valence-corrected chi connectivity index (χ3v) is 4.37. The van der Waals surface area contributed by atoms with E-state index in [1.54, 1.807) is 11.3 Å². The van der Waals surface area contributed by atoms with Crippen LogP contribution in [0.5, 0.6) is 0 Å². The van der Waals surface area contributed by atoms with Gasteiger partial charge in [-0.1, -0.05) is 19.1 Å². The van der Waals surface area contributed by atoms with Gasteiger partial charge in [0.25, 0.3) is 5.56 Å². The third-order valence-electron chi connectivity index (χ3n) is 4.37. The molecule has 25 heavy (non-hydrogen) atoms. The lowest BCUT2D eigenvalue weighted by Crippen LogP contribution is -2.31. The van der Waals surface area contributed by atoms with E-state index in [1.807, 2.05) is 28.8 Å². The minimum Gasteiger partial charge on any atom is -0.390 e. The van der Waals surface area contributed by atoms with Gasteiger partial charge in [0.15, 0.2) is 0 Å². The summed E-state index contributed by atoms with van der Waals surface area (Å²) >= 11 is 0. The number of fused-ring (bicyclic) bond motifs is 3. The Kier molecular flexibility index (Phi) is 4.88. The molecule has 130 valence electrons. The highest BCUT2D eigenvalue weighted by Crippen LogP contribution is 2.23. The zero-order valence-electron chi connectivity index (χ0n) is 14.5. The lowest BCUT2D eigenvalue weighted by atomic mass is 10.1. The highest BCUT2D eigenvalue weighted by molar-refractivity contribution is 5.84. The summed E-state index contributed by atoms with van der Waals surface area (Å²) in [7, 11) is 0. The molecule has 0 radical (unpaired) electrons. The van der Waals surface area contributed by atoms with Gasteiger partial charge in [-0.05, 0) is 37.6 Å². The molecule has 0 aliphatic rings. The number of para-hydroxylation sites is 2. The lowest BCUT2D eigenvalue weighted by Gasteiger charge is -2.15. The number of aliphatic hydroxyl groups excluding tert-OH is 1. The van der Waals surface area contributed by atoms with Gasteiger partial charge in [0.1, 0.15) is 11.7 Å². The van der Waals surface area contributed by atoms with Crippen molar-refractivity contribution in [3.63, 3.8) is 0 Å². The summed E-state index contributed by atoms with van der Waals surface area (Å²) in [6.45, 7) is 5.45. The van der Waals surface area contributed by atoms with Crippen LogP contribution in [-0.4, -0.2) is 33.3 Å². The van der Waals surface area contributed by atoms with Gasteiger partial charge in [-0.2, -0.15) is 5.26 Å². The minimum absolute atomic E-state index is 0.167. The van der Waals surface area contributed by atoms with Crippen LogP contribution in [0.4, 0.5) is 0 Å². The molecule has 2 heterocycles. The summed E-state index contributed by atoms with van der Waals surface area (Å²) in [5, 5.41) is 23.2. The van der Waals surface area contributed by atoms with Crippen LogP contribution in [0.2, 0.25) is 0 Å². The van der Waals surface area contributed by atoms with E-state index in [0.29, 0.717) is 29.9 Å². The van der Waals surface area contributed by atoms with Crippen LogP contribution >= 0.6 is 0 Å². The van der Waals surface area contributed by atoms with Crippen molar-refractivity contribution in [2.45, 2.75) is 32.9 Å². The third kappa shape index (κ3) is 3.04. The van der Waals surface area contributed by atoms with Gasteiger partial charge in [0, 0.05) is 12.6 Å². The predicted molar refractivity (Wildman–Crippen MR) is 97.8 cm³/mol. The van der Waals surface area contributed by atoms with Crippen molar-refractivity contribution in [1.82, 2.24) is 14.3 Å². The average Bonchev–Trinajstić information content (AvgIpc) is 2.90. The van der Waals surface area contributed by atoms with Crippen LogP contribution in [0.1, 0.15) is 24.5 Å². The molecule has 1 aromatic carbocycles. The van der Waals surface area contributed by atoms with E-state index in [-0.39, 0.29) is 5.56 Å². The Labute approximate surface area is 145 Å². The summed E-state index contributed by atoms with van der Waals surface area (Å²) < 4.78 is 3.44. The van der Waals surface area contributed by atoms with Gasteiger partial charge in [-0.25, -0.2) is 0 Å². The first-order chi connectivity index (χ1) is 12.1. The van der Waals surface area contributed by atoms with Gasteiger partial charge in [-0.15, -0.1) is 0 Å². The Morgan fingerprint density at radius 3 is 2.72 bits per heavy atom. The maximum atomic E-state index is 12.6. The molecule has 0 fully saturated rings. The Morgan fingerprint density at radius 2 is 2.04 bits per heavy atom. The monoisotopic (exact) mass is 338 g/mol. The number of imidazole rings is 1. The average molecular weight is 338 g/mol. The second kappa shape index (κ2) is 7.09. The molecular formula is C19H22N4O2. The molecule has 0 saturated carbocycles. The largest absolute Gasteiger partial charge is 0.390 e. The number of aliphatic hydroxyl groups is 1. The van der Waals surface area contributed by atoms with Gasteiger partial charge < -0.3 is 15.0 Å². The summed E-state index contributed by atoms with van der Waals surface area (Å²) in [6, 6.07) is 11.2. The Hall–Kier alpha value is -2.62. The van der Waals surface area contributed by atoms with Crippen molar-refractivity contribution in [3.8, 4) is 6.07 Å². The standard InChI is InChI=1S/C19H22N4O2/c1-3-8-21-11-14(24)12-22-16-6-4-5-7-17(16)23-18(25)9-13(2)15(10-20)19(22)23/h4-7,9,14,21,24H,3,8,11-12H2,1-2H3/t14-/m1/s1. The van der Waals surface area contributed by atoms with Crippen LogP contribution in [0.3, 0.4) is 0 Å². The molecule has 0 aliphatic carbocycles. The van der Waals surface area contributed by atoms with Crippen molar-refractivity contribution >= 4 is 16.7 Å². The van der Waals surface area contributed by atoms with Gasteiger partial charge in [0.05, 0.1) is 29.2 Å². The number of aromatic nitrogens is 2. The fourth-order valence-electron chi connectivity index (χ4n) is 3.24. The smallest absolute Gasteiger partial charge is 0.257 e. The van der Waals surface area contributed by atoms with E-state index >= 15 is 0 Å². The van der Waals surface area contributed by atoms with Gasteiger partial charge in [-0.3, -0.25) is 9.20 Å². The Bertz CT molecular complexity index is 1010. The van der Waals surface area contributed by atoms with E-state index in [1.165, 1.54) is 6.07 Å². The Morgan fingerprint density at radius 1 is 1.32 bits per heavy atom. The first kappa shape index (κ1) is 17.2. The quantitative estimate of drug-likeness (QED) is 0.672. The number of hydrogen-bond donors (Lipinski definition) is 2. The van der Waals surface area contributed by atoms with Crippen molar-refractivity contribution in [2.75, 3.05) is 13.1 Å². The maximum absolute atomic E-state index is 12.6. The number of nitrogens with zero attached hydrogens (tertiary/aromatic N) is 3. The summed E-state index contributed by atoms with van der Waals surface area (Å²) in [4.78, 5) is 12.6. The van der Waals surface area contributed by atoms with Crippen LogP contribution in [0.15, 0.2) is 35.1 Å². The molecular weight excluding hydrogens is 316 g/mol. The molecule has 0 spiro atoms. The van der Waals surface area contributed by atoms with Gasteiger partial charge in [0.2, 0.25) is 0 Å². The molecule has 1 atom stereocenters. The van der Waals surface area contributed by atoms with Crippen LogP contribution in [0, 0.1) is 18.3 Å². The normalized spacial score (nSPS) is 12.6. The number of nitriles is 1. The molecule has 6 nitrogen and oxygen atoms in total. The van der Waals surface area contributed by atoms with E-state index in [9.17, 15) is 15.2 Å².